The summed E-state index contributed by atoms with van der Waals surface area (Å²) in [6.45, 7) is 3.08. The van der Waals surface area contributed by atoms with Gasteiger partial charge in [0.1, 0.15) is 12.7 Å². The van der Waals surface area contributed by atoms with Crippen LogP contribution in [0.25, 0.3) is 0 Å². The highest BCUT2D eigenvalue weighted by Gasteiger charge is 2.66. The third-order valence-corrected chi connectivity index (χ3v) is 6.49. The van der Waals surface area contributed by atoms with Crippen molar-refractivity contribution in [2.24, 2.45) is 5.92 Å². The van der Waals surface area contributed by atoms with Crippen molar-refractivity contribution < 1.29 is 46.1 Å². The maximum absolute atomic E-state index is 14.8. The number of benzene rings is 1. The number of halogens is 5. The zero-order valence-corrected chi connectivity index (χ0v) is 20.0. The lowest BCUT2D eigenvalue weighted by Crippen LogP contribution is -2.47. The van der Waals surface area contributed by atoms with Gasteiger partial charge in [-0.25, -0.2) is 4.39 Å². The number of aromatic nitrogens is 1. The van der Waals surface area contributed by atoms with Crippen LogP contribution in [0.2, 0.25) is 0 Å². The van der Waals surface area contributed by atoms with Crippen LogP contribution in [0.5, 0.6) is 5.75 Å². The van der Waals surface area contributed by atoms with E-state index in [4.69, 9.17) is 19.3 Å². The van der Waals surface area contributed by atoms with Crippen LogP contribution in [0.3, 0.4) is 0 Å². The first kappa shape index (κ1) is 27.8. The second-order valence-electron chi connectivity index (χ2n) is 8.78. The summed E-state index contributed by atoms with van der Waals surface area (Å²) in [5.74, 6) is -6.97. The number of nitrogens with one attached hydrogen (secondary N) is 1. The second-order valence-corrected chi connectivity index (χ2v) is 8.78. The maximum atomic E-state index is 14.8. The number of nitrogens with zero attached hydrogens (tertiary/aromatic N) is 1. The fraction of sp³-hybridized carbons (Fsp3) is 0.500. The van der Waals surface area contributed by atoms with Crippen LogP contribution >= 0.6 is 0 Å². The lowest BCUT2D eigenvalue weighted by Gasteiger charge is -2.32. The Morgan fingerprint density at radius 1 is 1.28 bits per heavy atom. The highest BCUT2D eigenvalue weighted by molar-refractivity contribution is 5.95. The average molecular weight is 518 g/mol. The molecule has 1 saturated heterocycles. The van der Waals surface area contributed by atoms with Crippen molar-refractivity contribution in [3.05, 3.63) is 53.4 Å². The van der Waals surface area contributed by atoms with Crippen molar-refractivity contribution in [2.75, 3.05) is 19.0 Å². The van der Waals surface area contributed by atoms with Crippen molar-refractivity contribution in [3.63, 3.8) is 0 Å². The normalized spacial score (nSPS) is 25.0. The molecule has 3 rings (SSSR count). The van der Waals surface area contributed by atoms with Gasteiger partial charge < -0.3 is 24.6 Å². The fourth-order valence-corrected chi connectivity index (χ4v) is 4.05. The smallest absolute Gasteiger partial charge is 0.417 e. The Kier molecular flexibility index (Phi) is 8.21. The molecule has 1 fully saturated rings. The van der Waals surface area contributed by atoms with Crippen LogP contribution in [-0.2, 0) is 20.9 Å². The molecular weight excluding hydrogens is 491 g/mol. The van der Waals surface area contributed by atoms with Crippen LogP contribution in [0.1, 0.15) is 37.9 Å². The van der Waals surface area contributed by atoms with E-state index in [0.717, 1.165) is 19.1 Å². The molecule has 0 unspecified atom stereocenters. The summed E-state index contributed by atoms with van der Waals surface area (Å²) in [5, 5.41) is 11.6. The summed E-state index contributed by atoms with van der Waals surface area (Å²) in [4.78, 5) is 17.1. The number of alkyl halides is 3. The Bertz CT molecular complexity index is 1080. The topological polar surface area (TPSA) is 89.9 Å². The molecule has 0 saturated carbocycles. The second kappa shape index (κ2) is 10.7. The summed E-state index contributed by atoms with van der Waals surface area (Å²) < 4.78 is 87.1. The number of hydrogen-bond acceptors (Lipinski definition) is 6. The number of ether oxygens (including phenoxy) is 3. The molecule has 1 aromatic carbocycles. The third-order valence-electron chi connectivity index (χ3n) is 6.49. The molecule has 1 aromatic heterocycles. The van der Waals surface area contributed by atoms with Gasteiger partial charge in [-0.05, 0) is 32.0 Å². The Balaban J connectivity index is 2.06. The van der Waals surface area contributed by atoms with Gasteiger partial charge in [-0.3, -0.25) is 9.78 Å². The number of anilines is 1. The van der Waals surface area contributed by atoms with Crippen LogP contribution < -0.4 is 10.1 Å². The highest BCUT2D eigenvalue weighted by atomic mass is 19.4. The van der Waals surface area contributed by atoms with Crippen molar-refractivity contribution in [1.29, 1.82) is 0 Å². The van der Waals surface area contributed by atoms with Gasteiger partial charge in [-0.15, -0.1) is 0 Å². The lowest BCUT2D eigenvalue weighted by molar-refractivity contribution is -0.272. The number of carbonyl (C=O) groups is 1. The quantitative estimate of drug-likeness (QED) is 0.506. The van der Waals surface area contributed by atoms with Gasteiger partial charge >= 0.3 is 6.18 Å². The van der Waals surface area contributed by atoms with Gasteiger partial charge in [-0.1, -0.05) is 13.0 Å². The van der Waals surface area contributed by atoms with Crippen LogP contribution in [0.15, 0.2) is 30.5 Å². The number of hydrogen-bond donors (Lipinski definition) is 2. The number of amides is 1. The first-order chi connectivity index (χ1) is 16.8. The minimum Gasteiger partial charge on any atom is -0.487 e. The van der Waals surface area contributed by atoms with E-state index in [1.165, 1.54) is 32.4 Å². The van der Waals surface area contributed by atoms with Crippen LogP contribution in [0, 0.1) is 17.6 Å². The number of carbonyl (C=O) groups excluding carboxylic acids is 1. The number of methoxy groups -OCH3 is 1. The third kappa shape index (κ3) is 5.30. The largest absolute Gasteiger partial charge is 0.487 e. The molecule has 1 aliphatic heterocycles. The Morgan fingerprint density at radius 3 is 2.53 bits per heavy atom. The standard InChI is InChI=1S/C24H27F5N2O5/c1-12(34-4)11-35-20-16(7-8-17(25)19(20)26)18-13(2)23(3,24(27,28)29)36-21(18)22(33)31-14-5-6-15(10-32)30-9-14/h5-9,12-13,18,21,32H,10-11H2,1-4H3,(H,31,33)/t12-,13+,18+,21-,23-/m1/s1. The molecule has 2 aromatic rings. The van der Waals surface area contributed by atoms with Gasteiger partial charge in [0, 0.05) is 24.5 Å². The molecular formula is C24H27F5N2O5. The molecule has 198 valence electrons. The van der Waals surface area contributed by atoms with Crippen LogP contribution in [-0.4, -0.2) is 53.7 Å². The van der Waals surface area contributed by atoms with E-state index in [1.54, 1.807) is 6.92 Å². The molecule has 1 amide bonds. The molecule has 1 aliphatic rings. The molecule has 36 heavy (non-hydrogen) atoms. The molecule has 0 bridgehead atoms. The fourth-order valence-electron chi connectivity index (χ4n) is 4.05. The van der Waals surface area contributed by atoms with Crippen molar-refractivity contribution in [2.45, 2.75) is 57.3 Å². The predicted molar refractivity (Wildman–Crippen MR) is 118 cm³/mol. The van der Waals surface area contributed by atoms with E-state index >= 15 is 0 Å². The Hall–Kier alpha value is -2.83. The van der Waals surface area contributed by atoms with E-state index in [2.05, 4.69) is 10.3 Å². The van der Waals surface area contributed by atoms with Gasteiger partial charge in [0.05, 0.1) is 30.3 Å². The van der Waals surface area contributed by atoms with Gasteiger partial charge in [0.2, 0.25) is 5.82 Å². The first-order valence-corrected chi connectivity index (χ1v) is 11.1. The minimum absolute atomic E-state index is 0.142. The lowest BCUT2D eigenvalue weighted by atomic mass is 9.77. The average Bonchev–Trinajstić information content (AvgIpc) is 3.12. The van der Waals surface area contributed by atoms with Crippen molar-refractivity contribution in [3.8, 4) is 5.75 Å². The summed E-state index contributed by atoms with van der Waals surface area (Å²) in [6, 6.07) is 4.68. The molecule has 0 spiro atoms. The monoisotopic (exact) mass is 518 g/mol. The Morgan fingerprint density at radius 2 is 1.97 bits per heavy atom. The SMILES string of the molecule is CO[C@H](C)COc1c([C@H]2[C@H](C(=O)Nc3ccc(CO)nc3)O[C@@](C)(C(F)(F)F)[C@H]2C)ccc(F)c1F. The number of aliphatic hydroxyl groups is 1. The summed E-state index contributed by atoms with van der Waals surface area (Å²) in [5.41, 5.74) is -2.47. The maximum Gasteiger partial charge on any atom is 0.417 e. The van der Waals surface area contributed by atoms with Crippen LogP contribution in [0.4, 0.5) is 27.6 Å². The van der Waals surface area contributed by atoms with Gasteiger partial charge in [-0.2, -0.15) is 17.6 Å². The number of pyridine rings is 1. The molecule has 0 radical (unpaired) electrons. The number of aliphatic hydroxyl groups excluding tert-OH is 1. The highest BCUT2D eigenvalue weighted by Crippen LogP contribution is 2.55. The van der Waals surface area contributed by atoms with Gasteiger partial charge in [0.15, 0.2) is 17.2 Å². The first-order valence-electron chi connectivity index (χ1n) is 11.1. The van der Waals surface area contributed by atoms with E-state index in [-0.39, 0.29) is 24.5 Å². The predicted octanol–water partition coefficient (Wildman–Crippen LogP) is 4.34. The molecule has 12 heteroatoms. The minimum atomic E-state index is -4.88. The number of rotatable bonds is 8. The molecule has 7 nitrogen and oxygen atoms in total. The van der Waals surface area contributed by atoms with E-state index < -0.39 is 59.1 Å². The summed E-state index contributed by atoms with van der Waals surface area (Å²) >= 11 is 0. The summed E-state index contributed by atoms with van der Waals surface area (Å²) in [7, 11) is 1.38. The zero-order chi connectivity index (χ0) is 26.8. The molecule has 2 N–H and O–H groups in total. The van der Waals surface area contributed by atoms with E-state index in [0.29, 0.717) is 5.69 Å². The zero-order valence-electron chi connectivity index (χ0n) is 20.0. The van der Waals surface area contributed by atoms with Gasteiger partial charge in [0.25, 0.3) is 5.91 Å². The van der Waals surface area contributed by atoms with Crippen molar-refractivity contribution in [1.82, 2.24) is 4.98 Å². The molecule has 5 atom stereocenters. The van der Waals surface area contributed by atoms with E-state index in [9.17, 15) is 26.7 Å². The molecule has 2 heterocycles. The van der Waals surface area contributed by atoms with E-state index in [1.807, 2.05) is 0 Å². The summed E-state index contributed by atoms with van der Waals surface area (Å²) in [6.07, 6.45) is -5.94. The Labute approximate surface area is 204 Å². The van der Waals surface area contributed by atoms with Crippen molar-refractivity contribution >= 4 is 11.6 Å². The molecule has 0 aliphatic carbocycles.